The van der Waals surface area contributed by atoms with Crippen LogP contribution in [0.5, 0.6) is 0 Å². The van der Waals surface area contributed by atoms with Crippen LogP contribution in [-0.2, 0) is 10.0 Å². The molecule has 0 radical (unpaired) electrons. The molecule has 1 aliphatic heterocycles. The zero-order chi connectivity index (χ0) is 17.6. The normalized spacial score (nSPS) is 18.9. The molecule has 0 N–H and O–H groups in total. The Bertz CT molecular complexity index is 996. The fourth-order valence-corrected chi connectivity index (χ4v) is 7.09. The molecule has 1 fully saturated rings. The van der Waals surface area contributed by atoms with Crippen LogP contribution in [0, 0.1) is 0 Å². The van der Waals surface area contributed by atoms with Gasteiger partial charge in [-0.3, -0.25) is 0 Å². The van der Waals surface area contributed by atoms with Crippen molar-refractivity contribution in [2.45, 2.75) is 23.8 Å². The summed E-state index contributed by atoms with van der Waals surface area (Å²) in [7, 11) is -3.80. The highest BCUT2D eigenvalue weighted by atomic mass is 35.5. The highest BCUT2D eigenvalue weighted by Crippen LogP contribution is 2.42. The van der Waals surface area contributed by atoms with Gasteiger partial charge in [-0.1, -0.05) is 41.4 Å². The summed E-state index contributed by atoms with van der Waals surface area (Å²) < 4.78 is 29.0. The molecular weight excluding hydrogens is 399 g/mol. The zero-order valence-corrected chi connectivity index (χ0v) is 16.2. The second-order valence-corrected chi connectivity index (χ2v) is 9.55. The first kappa shape index (κ1) is 17.2. The third-order valence-electron chi connectivity index (χ3n) is 4.28. The Labute approximate surface area is 160 Å². The molecule has 130 valence electrons. The first-order chi connectivity index (χ1) is 12.0. The van der Waals surface area contributed by atoms with Crippen molar-refractivity contribution in [3.05, 3.63) is 57.5 Å². The summed E-state index contributed by atoms with van der Waals surface area (Å²) >= 11 is 13.8. The summed E-state index contributed by atoms with van der Waals surface area (Å²) in [5, 5.41) is 1.09. The number of benzene rings is 2. The quantitative estimate of drug-likeness (QED) is 0.598. The molecule has 0 saturated carbocycles. The SMILES string of the molecule is O=S(=O)(c1c(Cl)cccc1Cl)N1CCCC1c1nc2ccccc2s1. The van der Waals surface area contributed by atoms with Gasteiger partial charge in [0.15, 0.2) is 0 Å². The van der Waals surface area contributed by atoms with Gasteiger partial charge in [0.1, 0.15) is 9.90 Å². The third kappa shape index (κ3) is 2.96. The Kier molecular flexibility index (Phi) is 4.50. The topological polar surface area (TPSA) is 50.3 Å². The second-order valence-electron chi connectivity index (χ2n) is 5.84. The predicted octanol–water partition coefficient (Wildman–Crippen LogP) is 5.13. The highest BCUT2D eigenvalue weighted by Gasteiger charge is 2.39. The molecule has 4 nitrogen and oxygen atoms in total. The number of sulfonamides is 1. The number of hydrogen-bond donors (Lipinski definition) is 0. The van der Waals surface area contributed by atoms with E-state index in [1.165, 1.54) is 15.6 Å². The molecule has 3 aromatic rings. The van der Waals surface area contributed by atoms with Crippen LogP contribution in [0.3, 0.4) is 0 Å². The van der Waals surface area contributed by atoms with Crippen LogP contribution in [0.2, 0.25) is 10.0 Å². The molecule has 2 aromatic carbocycles. The smallest absolute Gasteiger partial charge is 0.239 e. The Balaban J connectivity index is 1.78. The summed E-state index contributed by atoms with van der Waals surface area (Å²) in [5.74, 6) is 0. The minimum atomic E-state index is -3.80. The Morgan fingerprint density at radius 3 is 2.52 bits per heavy atom. The number of fused-ring (bicyclic) bond motifs is 1. The number of hydrogen-bond acceptors (Lipinski definition) is 4. The number of halogens is 2. The summed E-state index contributed by atoms with van der Waals surface area (Å²) in [5.41, 5.74) is 0.891. The standard InChI is InChI=1S/C17H14Cl2N2O2S2/c18-11-5-3-6-12(19)16(11)25(22,23)21-10-4-8-14(21)17-20-13-7-1-2-9-15(13)24-17/h1-3,5-7,9,14H,4,8,10H2. The molecule has 0 bridgehead atoms. The van der Waals surface area contributed by atoms with Crippen LogP contribution in [0.4, 0.5) is 0 Å². The van der Waals surface area contributed by atoms with Crippen LogP contribution >= 0.6 is 34.5 Å². The van der Waals surface area contributed by atoms with Gasteiger partial charge in [-0.15, -0.1) is 11.3 Å². The summed E-state index contributed by atoms with van der Waals surface area (Å²) in [6, 6.07) is 12.3. The first-order valence-electron chi connectivity index (χ1n) is 7.80. The fourth-order valence-electron chi connectivity index (χ4n) is 3.15. The van der Waals surface area contributed by atoms with Crippen LogP contribution in [0.1, 0.15) is 23.9 Å². The van der Waals surface area contributed by atoms with E-state index in [4.69, 9.17) is 23.2 Å². The molecule has 8 heteroatoms. The minimum Gasteiger partial charge on any atom is -0.239 e. The maximum atomic E-state index is 13.2. The van der Waals surface area contributed by atoms with E-state index in [2.05, 4.69) is 4.98 Å². The van der Waals surface area contributed by atoms with Crippen LogP contribution in [0.15, 0.2) is 47.4 Å². The fraction of sp³-hybridized carbons (Fsp3) is 0.235. The summed E-state index contributed by atoms with van der Waals surface area (Å²) in [4.78, 5) is 4.62. The number of thiazole rings is 1. The van der Waals surface area contributed by atoms with Crippen molar-refractivity contribution >= 4 is 54.8 Å². The van der Waals surface area contributed by atoms with Crippen LogP contribution in [-0.4, -0.2) is 24.3 Å². The highest BCUT2D eigenvalue weighted by molar-refractivity contribution is 7.89. The summed E-state index contributed by atoms with van der Waals surface area (Å²) in [6.45, 7) is 0.435. The van der Waals surface area contributed by atoms with Gasteiger partial charge < -0.3 is 0 Å². The Morgan fingerprint density at radius 1 is 1.08 bits per heavy atom. The largest absolute Gasteiger partial charge is 0.246 e. The molecule has 1 aliphatic rings. The maximum absolute atomic E-state index is 13.2. The van der Waals surface area contributed by atoms with Crippen molar-refractivity contribution in [1.82, 2.24) is 9.29 Å². The van der Waals surface area contributed by atoms with E-state index < -0.39 is 10.0 Å². The monoisotopic (exact) mass is 412 g/mol. The number of rotatable bonds is 3. The molecular formula is C17H14Cl2N2O2S2. The van der Waals surface area contributed by atoms with Gasteiger partial charge in [0.05, 0.1) is 26.3 Å². The van der Waals surface area contributed by atoms with E-state index in [9.17, 15) is 8.42 Å². The van der Waals surface area contributed by atoms with E-state index in [-0.39, 0.29) is 21.0 Å². The number of para-hydroxylation sites is 1. The molecule has 1 unspecified atom stereocenters. The molecule has 1 aromatic heterocycles. The summed E-state index contributed by atoms with van der Waals surface area (Å²) in [6.07, 6.45) is 1.52. The predicted molar refractivity (Wildman–Crippen MR) is 102 cm³/mol. The van der Waals surface area contributed by atoms with Gasteiger partial charge in [0.2, 0.25) is 10.0 Å². The lowest BCUT2D eigenvalue weighted by molar-refractivity contribution is 0.396. The first-order valence-corrected chi connectivity index (χ1v) is 10.8. The van der Waals surface area contributed by atoms with Crippen molar-refractivity contribution < 1.29 is 8.42 Å². The van der Waals surface area contributed by atoms with E-state index in [1.807, 2.05) is 24.3 Å². The van der Waals surface area contributed by atoms with Crippen molar-refractivity contribution in [3.63, 3.8) is 0 Å². The third-order valence-corrected chi connectivity index (χ3v) is 8.29. The molecule has 0 spiro atoms. The van der Waals surface area contributed by atoms with Gasteiger partial charge >= 0.3 is 0 Å². The lowest BCUT2D eigenvalue weighted by Gasteiger charge is -2.23. The van der Waals surface area contributed by atoms with Gasteiger partial charge in [-0.25, -0.2) is 13.4 Å². The molecule has 0 aliphatic carbocycles. The van der Waals surface area contributed by atoms with Crippen molar-refractivity contribution in [3.8, 4) is 0 Å². The second kappa shape index (κ2) is 6.52. The Morgan fingerprint density at radius 2 is 1.80 bits per heavy atom. The van der Waals surface area contributed by atoms with E-state index in [0.29, 0.717) is 6.54 Å². The number of aromatic nitrogens is 1. The number of nitrogens with zero attached hydrogens (tertiary/aromatic N) is 2. The molecule has 0 amide bonds. The maximum Gasteiger partial charge on any atom is 0.246 e. The molecule has 1 atom stereocenters. The molecule has 4 rings (SSSR count). The lowest BCUT2D eigenvalue weighted by atomic mass is 10.2. The van der Waals surface area contributed by atoms with Crippen LogP contribution in [0.25, 0.3) is 10.2 Å². The van der Waals surface area contributed by atoms with Crippen molar-refractivity contribution in [1.29, 1.82) is 0 Å². The zero-order valence-electron chi connectivity index (χ0n) is 13.0. The van der Waals surface area contributed by atoms with Gasteiger partial charge in [0.25, 0.3) is 0 Å². The van der Waals surface area contributed by atoms with E-state index in [0.717, 1.165) is 28.1 Å². The molecule has 1 saturated heterocycles. The van der Waals surface area contributed by atoms with Gasteiger partial charge in [-0.2, -0.15) is 4.31 Å². The average molecular weight is 413 g/mol. The van der Waals surface area contributed by atoms with E-state index >= 15 is 0 Å². The Hall–Kier alpha value is -1.18. The minimum absolute atomic E-state index is 0.0219. The lowest BCUT2D eigenvalue weighted by Crippen LogP contribution is -2.31. The molecule has 25 heavy (non-hydrogen) atoms. The van der Waals surface area contributed by atoms with Crippen molar-refractivity contribution in [2.24, 2.45) is 0 Å². The van der Waals surface area contributed by atoms with Crippen LogP contribution < -0.4 is 0 Å². The van der Waals surface area contributed by atoms with Gasteiger partial charge in [0, 0.05) is 6.54 Å². The van der Waals surface area contributed by atoms with Gasteiger partial charge in [-0.05, 0) is 37.1 Å². The molecule has 2 heterocycles. The van der Waals surface area contributed by atoms with Crippen molar-refractivity contribution in [2.75, 3.05) is 6.54 Å². The average Bonchev–Trinajstić information content (AvgIpc) is 3.21. The van der Waals surface area contributed by atoms with E-state index in [1.54, 1.807) is 18.2 Å².